The summed E-state index contributed by atoms with van der Waals surface area (Å²) >= 11 is 0. The molecule has 0 atom stereocenters. The molecule has 2 rings (SSSR count). The summed E-state index contributed by atoms with van der Waals surface area (Å²) in [6, 6.07) is 2.12. The molecule has 0 spiro atoms. The number of aromatic nitrogens is 2. The van der Waals surface area contributed by atoms with E-state index in [-0.39, 0.29) is 0 Å². The van der Waals surface area contributed by atoms with E-state index in [4.69, 9.17) is 0 Å². The summed E-state index contributed by atoms with van der Waals surface area (Å²) in [7, 11) is 4.08. The summed E-state index contributed by atoms with van der Waals surface area (Å²) in [5, 5.41) is 2.59. The van der Waals surface area contributed by atoms with Crippen molar-refractivity contribution < 1.29 is 4.57 Å². The van der Waals surface area contributed by atoms with Crippen LogP contribution in [-0.4, -0.2) is 4.57 Å². The third kappa shape index (κ3) is 1.00. The predicted molar refractivity (Wildman–Crippen MR) is 44.1 cm³/mol. The topological polar surface area (TPSA) is 8.81 Å². The molecule has 0 saturated carbocycles. The second-order valence-electron chi connectivity index (χ2n) is 2.94. The van der Waals surface area contributed by atoms with Crippen molar-refractivity contribution >= 4 is 10.8 Å². The normalized spacial score (nSPS) is 10.7. The summed E-state index contributed by atoms with van der Waals surface area (Å²) in [6.07, 6.45) is 8.42. The average molecular weight is 147 g/mol. The molecule has 0 unspecified atom stereocenters. The van der Waals surface area contributed by atoms with Crippen molar-refractivity contribution in [3.8, 4) is 0 Å². The third-order valence-corrected chi connectivity index (χ3v) is 1.85. The van der Waals surface area contributed by atoms with Gasteiger partial charge in [0.15, 0.2) is 12.4 Å². The molecule has 0 N–H and O–H groups in total. The molecule has 0 radical (unpaired) electrons. The maximum atomic E-state index is 2.12. The highest BCUT2D eigenvalue weighted by Gasteiger charge is 1.99. The van der Waals surface area contributed by atoms with Crippen molar-refractivity contribution in [3.05, 3.63) is 30.9 Å². The Labute approximate surface area is 65.7 Å². The van der Waals surface area contributed by atoms with Crippen molar-refractivity contribution in [1.29, 1.82) is 0 Å². The van der Waals surface area contributed by atoms with Crippen molar-refractivity contribution in [2.75, 3.05) is 0 Å². The van der Waals surface area contributed by atoms with Crippen LogP contribution in [0.1, 0.15) is 0 Å². The molecule has 0 aromatic carbocycles. The Balaban J connectivity index is 2.82. The van der Waals surface area contributed by atoms with E-state index < -0.39 is 0 Å². The average Bonchev–Trinajstić information content (AvgIpc) is 2.27. The quantitative estimate of drug-likeness (QED) is 0.492. The molecule has 0 aliphatic rings. The Bertz CT molecular complexity index is 387. The lowest BCUT2D eigenvalue weighted by Crippen LogP contribution is -2.25. The fraction of sp³-hybridized carbons (Fsp3) is 0.222. The van der Waals surface area contributed by atoms with Crippen LogP contribution in [0.3, 0.4) is 0 Å². The van der Waals surface area contributed by atoms with Crippen molar-refractivity contribution in [1.82, 2.24) is 4.57 Å². The van der Waals surface area contributed by atoms with E-state index in [0.29, 0.717) is 0 Å². The lowest BCUT2D eigenvalue weighted by atomic mass is 10.3. The van der Waals surface area contributed by atoms with Gasteiger partial charge in [-0.1, -0.05) is 0 Å². The monoisotopic (exact) mass is 147 g/mol. The van der Waals surface area contributed by atoms with Gasteiger partial charge in [-0.15, -0.1) is 0 Å². The minimum absolute atomic E-state index is 1.29. The van der Waals surface area contributed by atoms with Crippen LogP contribution in [0.4, 0.5) is 0 Å². The van der Waals surface area contributed by atoms with Crippen molar-refractivity contribution in [2.45, 2.75) is 0 Å². The van der Waals surface area contributed by atoms with Crippen LogP contribution >= 0.6 is 0 Å². The lowest BCUT2D eigenvalue weighted by molar-refractivity contribution is -0.670. The van der Waals surface area contributed by atoms with Crippen LogP contribution in [0.25, 0.3) is 10.8 Å². The molecule has 2 heteroatoms. The van der Waals surface area contributed by atoms with Crippen LogP contribution in [0.2, 0.25) is 0 Å². The van der Waals surface area contributed by atoms with Gasteiger partial charge in [0.2, 0.25) is 0 Å². The first kappa shape index (κ1) is 6.40. The first-order valence-electron chi connectivity index (χ1n) is 3.67. The maximum absolute atomic E-state index is 2.12. The number of hydrogen-bond acceptors (Lipinski definition) is 0. The zero-order valence-corrected chi connectivity index (χ0v) is 6.78. The molecule has 56 valence electrons. The molecule has 2 heterocycles. The minimum atomic E-state index is 1.29. The van der Waals surface area contributed by atoms with Gasteiger partial charge in [-0.3, -0.25) is 0 Å². The summed E-state index contributed by atoms with van der Waals surface area (Å²) in [4.78, 5) is 0. The molecule has 0 saturated heterocycles. The van der Waals surface area contributed by atoms with E-state index >= 15 is 0 Å². The van der Waals surface area contributed by atoms with E-state index in [1.54, 1.807) is 0 Å². The van der Waals surface area contributed by atoms with Crippen molar-refractivity contribution in [2.24, 2.45) is 14.1 Å². The Hall–Kier alpha value is -1.31. The predicted octanol–water partition coefficient (Wildman–Crippen LogP) is 1.00. The summed E-state index contributed by atoms with van der Waals surface area (Å²) < 4.78 is 4.13. The summed E-state index contributed by atoms with van der Waals surface area (Å²) in [5.74, 6) is 0. The fourth-order valence-corrected chi connectivity index (χ4v) is 1.33. The fourth-order valence-electron chi connectivity index (χ4n) is 1.33. The highest BCUT2D eigenvalue weighted by Crippen LogP contribution is 2.10. The largest absolute Gasteiger partial charge is 0.356 e. The smallest absolute Gasteiger partial charge is 0.177 e. The number of nitrogens with zero attached hydrogens (tertiary/aromatic N) is 2. The standard InChI is InChI=1S/C9H11N2/c1-10-4-3-8-5-11(2)7-9(8)6-10/h3-7H,1-2H3/q+1. The Morgan fingerprint density at radius 1 is 1.27 bits per heavy atom. The third-order valence-electron chi connectivity index (χ3n) is 1.85. The van der Waals surface area contributed by atoms with Gasteiger partial charge in [0.25, 0.3) is 0 Å². The highest BCUT2D eigenvalue weighted by atomic mass is 14.9. The van der Waals surface area contributed by atoms with Crippen LogP contribution in [0.15, 0.2) is 30.9 Å². The number of rotatable bonds is 0. The molecular formula is C9H11N2+. The molecule has 0 fully saturated rings. The number of fused-ring (bicyclic) bond motifs is 1. The van der Waals surface area contributed by atoms with Gasteiger partial charge in [-0.25, -0.2) is 4.57 Å². The van der Waals surface area contributed by atoms with Gasteiger partial charge in [-0.2, -0.15) is 0 Å². The minimum Gasteiger partial charge on any atom is -0.356 e. The van der Waals surface area contributed by atoms with Crippen LogP contribution in [-0.2, 0) is 14.1 Å². The molecule has 2 aromatic rings. The first-order valence-corrected chi connectivity index (χ1v) is 3.67. The molecule has 11 heavy (non-hydrogen) atoms. The van der Waals surface area contributed by atoms with Crippen molar-refractivity contribution in [3.63, 3.8) is 0 Å². The lowest BCUT2D eigenvalue weighted by Gasteiger charge is -1.84. The molecule has 0 bridgehead atoms. The summed E-state index contributed by atoms with van der Waals surface area (Å²) in [5.41, 5.74) is 0. The zero-order valence-electron chi connectivity index (χ0n) is 6.78. The van der Waals surface area contributed by atoms with Crippen LogP contribution in [0, 0.1) is 0 Å². The van der Waals surface area contributed by atoms with Gasteiger partial charge in [-0.05, 0) is 0 Å². The maximum Gasteiger partial charge on any atom is 0.177 e. The van der Waals surface area contributed by atoms with E-state index in [9.17, 15) is 0 Å². The highest BCUT2D eigenvalue weighted by molar-refractivity contribution is 5.80. The van der Waals surface area contributed by atoms with E-state index in [2.05, 4.69) is 40.0 Å². The second-order valence-corrected chi connectivity index (χ2v) is 2.94. The first-order chi connectivity index (χ1) is 5.25. The molecule has 2 nitrogen and oxygen atoms in total. The summed E-state index contributed by atoms with van der Waals surface area (Å²) in [6.45, 7) is 0. The van der Waals surface area contributed by atoms with Gasteiger partial charge >= 0.3 is 0 Å². The molecule has 0 amide bonds. The number of hydrogen-bond donors (Lipinski definition) is 0. The Kier molecular flexibility index (Phi) is 1.22. The molecule has 2 aromatic heterocycles. The molecule has 0 aliphatic heterocycles. The van der Waals surface area contributed by atoms with Gasteiger partial charge < -0.3 is 4.57 Å². The zero-order chi connectivity index (χ0) is 7.84. The van der Waals surface area contributed by atoms with Gasteiger partial charge in [0, 0.05) is 30.9 Å². The number of pyridine rings is 1. The van der Waals surface area contributed by atoms with Gasteiger partial charge in [0.1, 0.15) is 7.05 Å². The van der Waals surface area contributed by atoms with E-state index in [1.165, 1.54) is 10.8 Å². The van der Waals surface area contributed by atoms with E-state index in [0.717, 1.165) is 0 Å². The van der Waals surface area contributed by atoms with Crippen LogP contribution in [0.5, 0.6) is 0 Å². The Morgan fingerprint density at radius 2 is 2.00 bits per heavy atom. The molecule has 0 aliphatic carbocycles. The molecular weight excluding hydrogens is 136 g/mol. The van der Waals surface area contributed by atoms with Gasteiger partial charge in [0.05, 0.1) is 5.39 Å². The second kappa shape index (κ2) is 2.09. The Morgan fingerprint density at radius 3 is 2.82 bits per heavy atom. The SMILES string of the molecule is Cn1cc2cc[n+](C)cc2c1. The van der Waals surface area contributed by atoms with E-state index in [1.807, 2.05) is 14.1 Å². The number of aryl methyl sites for hydroxylation is 2. The van der Waals surface area contributed by atoms with Crippen LogP contribution < -0.4 is 4.57 Å².